The van der Waals surface area contributed by atoms with Crippen LogP contribution in [-0.4, -0.2) is 23.4 Å². The Morgan fingerprint density at radius 1 is 1.22 bits per heavy atom. The normalized spacial score (nSPS) is 26.6. The van der Waals surface area contributed by atoms with Gasteiger partial charge in [0.2, 0.25) is 5.91 Å². The lowest BCUT2D eigenvalue weighted by atomic mass is 10.1. The Bertz CT molecular complexity index is 396. The minimum atomic E-state index is 0.126. The van der Waals surface area contributed by atoms with Gasteiger partial charge in [0.1, 0.15) is 6.17 Å². The predicted octanol–water partition coefficient (Wildman–Crippen LogP) is 2.90. The van der Waals surface area contributed by atoms with E-state index in [-0.39, 0.29) is 12.1 Å². The van der Waals surface area contributed by atoms with Crippen LogP contribution in [0.25, 0.3) is 0 Å². The van der Waals surface area contributed by atoms with Gasteiger partial charge in [-0.3, -0.25) is 10.1 Å². The summed E-state index contributed by atoms with van der Waals surface area (Å²) >= 11 is 1.74. The fraction of sp³-hybridized carbons (Fsp3) is 0.643. The highest BCUT2D eigenvalue weighted by Crippen LogP contribution is 2.32. The topological polar surface area (TPSA) is 32.3 Å². The van der Waals surface area contributed by atoms with Gasteiger partial charge in [0.25, 0.3) is 0 Å². The molecule has 98 valence electrons. The molecular formula is C14H20N2OS. The van der Waals surface area contributed by atoms with Crippen molar-refractivity contribution in [1.29, 1.82) is 0 Å². The van der Waals surface area contributed by atoms with E-state index in [0.29, 0.717) is 12.6 Å². The molecule has 1 saturated heterocycles. The molecule has 0 aromatic carbocycles. The largest absolute Gasteiger partial charge is 0.318 e. The molecule has 1 atom stereocenters. The van der Waals surface area contributed by atoms with Crippen LogP contribution in [0.3, 0.4) is 0 Å². The van der Waals surface area contributed by atoms with Crippen molar-refractivity contribution in [2.24, 2.45) is 0 Å². The van der Waals surface area contributed by atoms with Gasteiger partial charge in [-0.2, -0.15) is 0 Å². The van der Waals surface area contributed by atoms with Crippen molar-refractivity contribution in [3.63, 3.8) is 0 Å². The second-order valence-electron chi connectivity index (χ2n) is 5.25. The lowest BCUT2D eigenvalue weighted by Crippen LogP contribution is -2.39. The second kappa shape index (κ2) is 5.41. The molecule has 2 fully saturated rings. The molecule has 1 amide bonds. The molecule has 3 nitrogen and oxygen atoms in total. The molecule has 1 N–H and O–H groups in total. The quantitative estimate of drug-likeness (QED) is 0.833. The van der Waals surface area contributed by atoms with Crippen LogP contribution in [0.15, 0.2) is 17.5 Å². The number of hydrogen-bond donors (Lipinski definition) is 1. The lowest BCUT2D eigenvalue weighted by molar-refractivity contribution is -0.130. The van der Waals surface area contributed by atoms with Gasteiger partial charge < -0.3 is 4.90 Å². The summed E-state index contributed by atoms with van der Waals surface area (Å²) in [7, 11) is 0. The number of rotatable bonds is 2. The van der Waals surface area contributed by atoms with Gasteiger partial charge in [-0.15, -0.1) is 11.3 Å². The maximum atomic E-state index is 12.2. The highest BCUT2D eigenvalue weighted by atomic mass is 32.1. The van der Waals surface area contributed by atoms with Crippen molar-refractivity contribution in [2.45, 2.75) is 50.7 Å². The summed E-state index contributed by atoms with van der Waals surface area (Å²) in [5.41, 5.74) is 0. The fourth-order valence-corrected chi connectivity index (χ4v) is 3.95. The van der Waals surface area contributed by atoms with Crippen LogP contribution < -0.4 is 5.32 Å². The zero-order valence-corrected chi connectivity index (χ0v) is 11.4. The van der Waals surface area contributed by atoms with Crippen molar-refractivity contribution >= 4 is 17.2 Å². The van der Waals surface area contributed by atoms with Gasteiger partial charge in [0.15, 0.2) is 0 Å². The van der Waals surface area contributed by atoms with Gasteiger partial charge in [0, 0.05) is 10.9 Å². The van der Waals surface area contributed by atoms with Crippen molar-refractivity contribution in [1.82, 2.24) is 10.2 Å². The van der Waals surface area contributed by atoms with Gasteiger partial charge in [-0.25, -0.2) is 0 Å². The molecule has 0 bridgehead atoms. The Morgan fingerprint density at radius 2 is 2.00 bits per heavy atom. The Balaban J connectivity index is 1.80. The number of nitrogens with zero attached hydrogens (tertiary/aromatic N) is 1. The first kappa shape index (κ1) is 12.2. The number of thiophene rings is 1. The average Bonchev–Trinajstić information content (AvgIpc) is 2.93. The first-order valence-corrected chi connectivity index (χ1v) is 7.82. The maximum absolute atomic E-state index is 12.2. The minimum absolute atomic E-state index is 0.126. The van der Waals surface area contributed by atoms with E-state index in [2.05, 4.69) is 27.7 Å². The number of hydrogen-bond acceptors (Lipinski definition) is 3. The van der Waals surface area contributed by atoms with E-state index < -0.39 is 0 Å². The number of carbonyl (C=O) groups is 1. The summed E-state index contributed by atoms with van der Waals surface area (Å²) in [5.74, 6) is 0.278. The standard InChI is InChI=1S/C14H20N2OS/c17-13-10-15-14(12-8-5-9-18-12)16(13)11-6-3-1-2-4-7-11/h5,8-9,11,14-15H,1-4,6-7,10H2. The summed E-state index contributed by atoms with van der Waals surface area (Å²) in [4.78, 5) is 15.6. The SMILES string of the molecule is O=C1CNC(c2cccs2)N1C1CCCCCC1. The van der Waals surface area contributed by atoms with E-state index in [1.807, 2.05) is 0 Å². The third-order valence-corrected chi connectivity index (χ3v) is 4.97. The van der Waals surface area contributed by atoms with Gasteiger partial charge in [-0.05, 0) is 24.3 Å². The van der Waals surface area contributed by atoms with Crippen molar-refractivity contribution in [3.8, 4) is 0 Å². The molecule has 1 aliphatic heterocycles. The molecule has 18 heavy (non-hydrogen) atoms. The van der Waals surface area contributed by atoms with Crippen molar-refractivity contribution < 1.29 is 4.79 Å². The van der Waals surface area contributed by atoms with Crippen LogP contribution in [0.2, 0.25) is 0 Å². The highest BCUT2D eigenvalue weighted by Gasteiger charge is 2.37. The van der Waals surface area contributed by atoms with Crippen molar-refractivity contribution in [2.75, 3.05) is 6.54 Å². The molecule has 2 heterocycles. The molecule has 1 aliphatic carbocycles. The van der Waals surface area contributed by atoms with Gasteiger partial charge in [-0.1, -0.05) is 31.7 Å². The highest BCUT2D eigenvalue weighted by molar-refractivity contribution is 7.10. The lowest BCUT2D eigenvalue weighted by Gasteiger charge is -2.31. The summed E-state index contributed by atoms with van der Waals surface area (Å²) in [5, 5.41) is 5.45. The van der Waals surface area contributed by atoms with E-state index in [9.17, 15) is 4.79 Å². The first-order valence-electron chi connectivity index (χ1n) is 6.94. The third-order valence-electron chi connectivity index (χ3n) is 4.04. The summed E-state index contributed by atoms with van der Waals surface area (Å²) in [6.45, 7) is 0.499. The van der Waals surface area contributed by atoms with E-state index in [1.165, 1.54) is 43.4 Å². The van der Waals surface area contributed by atoms with Crippen molar-refractivity contribution in [3.05, 3.63) is 22.4 Å². The third kappa shape index (κ3) is 2.31. The molecule has 1 unspecified atom stereocenters. The Hall–Kier alpha value is -0.870. The Kier molecular flexibility index (Phi) is 3.66. The number of nitrogens with one attached hydrogen (secondary N) is 1. The molecule has 0 spiro atoms. The van der Waals surface area contributed by atoms with Crippen LogP contribution >= 0.6 is 11.3 Å². The van der Waals surface area contributed by atoms with E-state index in [4.69, 9.17) is 0 Å². The maximum Gasteiger partial charge on any atom is 0.238 e. The Labute approximate surface area is 112 Å². The molecule has 0 radical (unpaired) electrons. The predicted molar refractivity (Wildman–Crippen MR) is 73.4 cm³/mol. The summed E-state index contributed by atoms with van der Waals surface area (Å²) in [6, 6.07) is 4.64. The summed E-state index contributed by atoms with van der Waals surface area (Å²) < 4.78 is 0. The molecule has 2 aliphatic rings. The van der Waals surface area contributed by atoms with Crippen LogP contribution in [0.1, 0.15) is 49.6 Å². The molecule has 4 heteroatoms. The van der Waals surface area contributed by atoms with E-state index >= 15 is 0 Å². The van der Waals surface area contributed by atoms with Crippen LogP contribution in [-0.2, 0) is 4.79 Å². The van der Waals surface area contributed by atoms with Crippen LogP contribution in [0.5, 0.6) is 0 Å². The second-order valence-corrected chi connectivity index (χ2v) is 6.22. The van der Waals surface area contributed by atoms with E-state index in [1.54, 1.807) is 11.3 Å². The van der Waals surface area contributed by atoms with Crippen LogP contribution in [0, 0.1) is 0 Å². The number of carbonyl (C=O) groups excluding carboxylic acids is 1. The molecule has 1 aromatic heterocycles. The molecular weight excluding hydrogens is 244 g/mol. The molecule has 1 aromatic rings. The van der Waals surface area contributed by atoms with Gasteiger partial charge >= 0.3 is 0 Å². The minimum Gasteiger partial charge on any atom is -0.318 e. The molecule has 3 rings (SSSR count). The number of amides is 1. The Morgan fingerprint density at radius 3 is 2.67 bits per heavy atom. The van der Waals surface area contributed by atoms with Crippen LogP contribution in [0.4, 0.5) is 0 Å². The zero-order valence-electron chi connectivity index (χ0n) is 10.6. The van der Waals surface area contributed by atoms with E-state index in [0.717, 1.165) is 0 Å². The molecule has 1 saturated carbocycles. The summed E-state index contributed by atoms with van der Waals surface area (Å²) in [6.07, 6.45) is 7.67. The first-order chi connectivity index (χ1) is 8.86. The monoisotopic (exact) mass is 264 g/mol. The fourth-order valence-electron chi connectivity index (χ4n) is 3.15. The zero-order chi connectivity index (χ0) is 12.4. The average molecular weight is 264 g/mol. The smallest absolute Gasteiger partial charge is 0.238 e. The van der Waals surface area contributed by atoms with Gasteiger partial charge in [0.05, 0.1) is 6.54 Å².